The molecule has 2 aromatic carbocycles. The summed E-state index contributed by atoms with van der Waals surface area (Å²) in [6, 6.07) is 20.2. The van der Waals surface area contributed by atoms with E-state index in [0.29, 0.717) is 43.4 Å². The maximum atomic E-state index is 14.9. The van der Waals surface area contributed by atoms with Crippen molar-refractivity contribution >= 4 is 23.4 Å². The third-order valence-corrected chi connectivity index (χ3v) is 9.70. The Kier molecular flexibility index (Phi) is 10.6. The zero-order chi connectivity index (χ0) is 35.4. The molecule has 2 fully saturated rings. The lowest BCUT2D eigenvalue weighted by Crippen LogP contribution is -2.58. The molecule has 2 aliphatic rings. The van der Waals surface area contributed by atoms with Gasteiger partial charge in [0.15, 0.2) is 0 Å². The van der Waals surface area contributed by atoms with Crippen LogP contribution in [0.4, 0.5) is 9.18 Å². The number of ether oxygens (including phenoxy) is 2. The molecule has 0 bridgehead atoms. The molecule has 6 rings (SSSR count). The summed E-state index contributed by atoms with van der Waals surface area (Å²) in [5.41, 5.74) is 4.62. The van der Waals surface area contributed by atoms with E-state index in [1.807, 2.05) is 86.0 Å². The number of carbonyl (C=O) groups excluding carboxylic acids is 3. The van der Waals surface area contributed by atoms with Gasteiger partial charge < -0.3 is 29.0 Å². The van der Waals surface area contributed by atoms with Crippen LogP contribution in [0.3, 0.4) is 0 Å². The van der Waals surface area contributed by atoms with Crippen LogP contribution in [-0.2, 0) is 20.7 Å². The van der Waals surface area contributed by atoms with E-state index in [1.54, 1.807) is 22.8 Å². The number of halogens is 1. The van der Waals surface area contributed by atoms with Gasteiger partial charge in [0.2, 0.25) is 5.91 Å². The molecule has 4 aromatic rings. The zero-order valence-corrected chi connectivity index (χ0v) is 29.4. The Hall–Kier alpha value is -4.70. The normalized spacial score (nSPS) is 17.2. The van der Waals surface area contributed by atoms with E-state index in [1.165, 1.54) is 6.07 Å². The molecule has 0 aliphatic carbocycles. The van der Waals surface area contributed by atoms with Crippen LogP contribution in [0.15, 0.2) is 72.9 Å². The van der Waals surface area contributed by atoms with E-state index in [9.17, 15) is 18.8 Å². The van der Waals surface area contributed by atoms with Gasteiger partial charge in [-0.25, -0.2) is 9.18 Å². The molecule has 2 aromatic heterocycles. The van der Waals surface area contributed by atoms with Gasteiger partial charge in [-0.1, -0.05) is 48.5 Å². The fourth-order valence-electron chi connectivity index (χ4n) is 7.05. The molecule has 1 N–H and O–H groups in total. The summed E-state index contributed by atoms with van der Waals surface area (Å²) in [5, 5.41) is 3.06. The molecular weight excluding hydrogens is 635 g/mol. The molecular formula is C40H47FN4O5. The molecule has 0 spiro atoms. The molecule has 4 heterocycles. The average Bonchev–Trinajstić information content (AvgIpc) is 3.42. The summed E-state index contributed by atoms with van der Waals surface area (Å²) in [6.07, 6.45) is 3.54. The van der Waals surface area contributed by atoms with Gasteiger partial charge in [-0.15, -0.1) is 0 Å². The first-order valence-corrected chi connectivity index (χ1v) is 17.5. The van der Waals surface area contributed by atoms with Crippen molar-refractivity contribution in [1.82, 2.24) is 19.5 Å². The molecule has 3 amide bonds. The van der Waals surface area contributed by atoms with Gasteiger partial charge in [0.1, 0.15) is 17.1 Å². The molecule has 0 radical (unpaired) electrons. The summed E-state index contributed by atoms with van der Waals surface area (Å²) >= 11 is 0. The van der Waals surface area contributed by atoms with E-state index < -0.39 is 17.7 Å². The third kappa shape index (κ3) is 7.86. The maximum Gasteiger partial charge on any atom is 0.410 e. The molecule has 1 atom stereocenters. The van der Waals surface area contributed by atoms with Gasteiger partial charge in [-0.05, 0) is 86.9 Å². The number of pyridine rings is 1. The first-order chi connectivity index (χ1) is 24.0. The Morgan fingerprint density at radius 2 is 1.70 bits per heavy atom. The van der Waals surface area contributed by atoms with Crippen LogP contribution < -0.4 is 5.32 Å². The Morgan fingerprint density at radius 1 is 0.960 bits per heavy atom. The minimum atomic E-state index is -0.720. The molecule has 10 heteroatoms. The second-order valence-electron chi connectivity index (χ2n) is 14.4. The number of amides is 3. The van der Waals surface area contributed by atoms with Crippen molar-refractivity contribution in [3.8, 4) is 11.1 Å². The zero-order valence-electron chi connectivity index (χ0n) is 29.4. The van der Waals surface area contributed by atoms with Gasteiger partial charge in [0.05, 0.1) is 11.6 Å². The van der Waals surface area contributed by atoms with Crippen LogP contribution in [0, 0.1) is 18.7 Å². The highest BCUT2D eigenvalue weighted by molar-refractivity contribution is 6.01. The van der Waals surface area contributed by atoms with Crippen LogP contribution in [0.25, 0.3) is 16.6 Å². The topological polar surface area (TPSA) is 92.6 Å². The largest absolute Gasteiger partial charge is 0.444 e. The van der Waals surface area contributed by atoms with Gasteiger partial charge in [-0.2, -0.15) is 0 Å². The van der Waals surface area contributed by atoms with Crippen LogP contribution in [-0.4, -0.2) is 83.1 Å². The SMILES string of the molecule is Cc1c(F)cccc1Cc1c(-c2ccccc2)c2ccccn2c1C(=O)N1CCN(C(=O)OC(C)(C)C)C(CC(=O)NCC2CCOCC2)C1. The summed E-state index contributed by atoms with van der Waals surface area (Å²) in [5.74, 6) is -0.336. The number of benzene rings is 2. The fraction of sp³-hybridized carbons (Fsp3) is 0.425. The molecule has 9 nitrogen and oxygen atoms in total. The van der Waals surface area contributed by atoms with Crippen molar-refractivity contribution in [2.45, 2.75) is 65.0 Å². The molecule has 2 saturated heterocycles. The number of hydrogen-bond acceptors (Lipinski definition) is 5. The number of nitrogens with one attached hydrogen (secondary N) is 1. The van der Waals surface area contributed by atoms with Gasteiger partial charge in [0.25, 0.3) is 5.91 Å². The van der Waals surface area contributed by atoms with Crippen molar-refractivity contribution in [3.05, 3.63) is 101 Å². The van der Waals surface area contributed by atoms with E-state index in [4.69, 9.17) is 9.47 Å². The fourth-order valence-corrected chi connectivity index (χ4v) is 7.05. The summed E-state index contributed by atoms with van der Waals surface area (Å²) in [4.78, 5) is 45.0. The molecule has 0 saturated carbocycles. The smallest absolute Gasteiger partial charge is 0.410 e. The van der Waals surface area contributed by atoms with Gasteiger partial charge in [0, 0.05) is 64.0 Å². The second kappa shape index (κ2) is 15.0. The first kappa shape index (κ1) is 35.1. The molecule has 2 aliphatic heterocycles. The van der Waals surface area contributed by atoms with Gasteiger partial charge >= 0.3 is 6.09 Å². The Balaban J connectivity index is 1.35. The number of hydrogen-bond donors (Lipinski definition) is 1. The number of aromatic nitrogens is 1. The summed E-state index contributed by atoms with van der Waals surface area (Å²) in [6.45, 7) is 9.74. The van der Waals surface area contributed by atoms with Crippen LogP contribution in [0.1, 0.15) is 67.2 Å². The number of nitrogens with zero attached hydrogens (tertiary/aromatic N) is 3. The van der Waals surface area contributed by atoms with Crippen LogP contribution in [0.2, 0.25) is 0 Å². The Labute approximate surface area is 293 Å². The van der Waals surface area contributed by atoms with Crippen LogP contribution >= 0.6 is 0 Å². The summed E-state index contributed by atoms with van der Waals surface area (Å²) < 4.78 is 27.9. The highest BCUT2D eigenvalue weighted by Crippen LogP contribution is 2.37. The monoisotopic (exact) mass is 682 g/mol. The first-order valence-electron chi connectivity index (χ1n) is 17.5. The van der Waals surface area contributed by atoms with E-state index >= 15 is 0 Å². The lowest BCUT2D eigenvalue weighted by atomic mass is 9.93. The lowest BCUT2D eigenvalue weighted by molar-refractivity contribution is -0.123. The number of carbonyl (C=O) groups is 3. The standard InChI is InChI=1S/C40H47FN4O5/c1-27-30(13-10-14-33(27)41)23-32-36(29-11-6-5-7-12-29)34-15-8-9-18-45(34)37(32)38(47)43-19-20-44(39(48)50-40(2,3)4)31(26-43)24-35(46)42-25-28-16-21-49-22-17-28/h5-15,18,28,31H,16-17,19-26H2,1-4H3,(H,42,46). The van der Waals surface area contributed by atoms with Crippen molar-refractivity contribution in [3.63, 3.8) is 0 Å². The molecule has 1 unspecified atom stereocenters. The molecule has 264 valence electrons. The highest BCUT2D eigenvalue weighted by Gasteiger charge is 2.38. The van der Waals surface area contributed by atoms with Crippen molar-refractivity contribution < 1.29 is 28.2 Å². The quantitative estimate of drug-likeness (QED) is 0.225. The minimum absolute atomic E-state index is 0.0335. The highest BCUT2D eigenvalue weighted by atomic mass is 19.1. The van der Waals surface area contributed by atoms with Crippen molar-refractivity contribution in [2.75, 3.05) is 39.4 Å². The third-order valence-electron chi connectivity index (χ3n) is 9.70. The Morgan fingerprint density at radius 3 is 2.44 bits per heavy atom. The number of piperazine rings is 1. The average molecular weight is 683 g/mol. The lowest BCUT2D eigenvalue weighted by Gasteiger charge is -2.41. The number of rotatable bonds is 8. The predicted molar refractivity (Wildman–Crippen MR) is 191 cm³/mol. The maximum absolute atomic E-state index is 14.9. The van der Waals surface area contributed by atoms with Crippen molar-refractivity contribution in [1.29, 1.82) is 0 Å². The minimum Gasteiger partial charge on any atom is -0.444 e. The van der Waals surface area contributed by atoms with Crippen molar-refractivity contribution in [2.24, 2.45) is 5.92 Å². The van der Waals surface area contributed by atoms with E-state index in [0.717, 1.165) is 40.6 Å². The summed E-state index contributed by atoms with van der Waals surface area (Å²) in [7, 11) is 0. The second-order valence-corrected chi connectivity index (χ2v) is 14.4. The Bertz CT molecular complexity index is 1840. The number of fused-ring (bicyclic) bond motifs is 1. The molecule has 50 heavy (non-hydrogen) atoms. The van der Waals surface area contributed by atoms with Gasteiger partial charge in [-0.3, -0.25) is 9.59 Å². The predicted octanol–water partition coefficient (Wildman–Crippen LogP) is 6.64. The van der Waals surface area contributed by atoms with E-state index in [2.05, 4.69) is 5.32 Å². The van der Waals surface area contributed by atoms with Crippen LogP contribution in [0.5, 0.6) is 0 Å². The van der Waals surface area contributed by atoms with E-state index in [-0.39, 0.29) is 43.7 Å².